The van der Waals surface area contributed by atoms with Gasteiger partial charge in [-0.1, -0.05) is 41.4 Å². The van der Waals surface area contributed by atoms with E-state index in [9.17, 15) is 4.79 Å². The van der Waals surface area contributed by atoms with Crippen LogP contribution in [0, 0.1) is 18.3 Å². The van der Waals surface area contributed by atoms with Crippen molar-refractivity contribution in [3.63, 3.8) is 0 Å². The molecule has 0 aliphatic rings. The molecule has 0 saturated carbocycles. The predicted molar refractivity (Wildman–Crippen MR) is 93.6 cm³/mol. The maximum atomic E-state index is 12.1. The largest absolute Gasteiger partial charge is 0.359 e. The highest BCUT2D eigenvalue weighted by Crippen LogP contribution is 2.22. The lowest BCUT2D eigenvalue weighted by atomic mass is 10.2. The molecule has 2 aromatic rings. The summed E-state index contributed by atoms with van der Waals surface area (Å²) in [7, 11) is 0. The molecule has 23 heavy (non-hydrogen) atoms. The summed E-state index contributed by atoms with van der Waals surface area (Å²) in [5, 5.41) is 15.6. The lowest BCUT2D eigenvalue weighted by Crippen LogP contribution is -2.14. The van der Waals surface area contributed by atoms with Crippen LogP contribution in [0.4, 0.5) is 11.4 Å². The third kappa shape index (κ3) is 4.49. The van der Waals surface area contributed by atoms with E-state index in [2.05, 4.69) is 10.6 Å². The molecule has 0 fully saturated rings. The molecule has 2 rings (SSSR count). The molecule has 0 heterocycles. The second kappa shape index (κ2) is 7.68. The van der Waals surface area contributed by atoms with E-state index in [4.69, 9.17) is 28.5 Å². The average Bonchev–Trinajstić information content (AvgIpc) is 2.53. The van der Waals surface area contributed by atoms with Crippen LogP contribution in [0.15, 0.2) is 54.2 Å². The van der Waals surface area contributed by atoms with Crippen molar-refractivity contribution in [2.45, 2.75) is 6.92 Å². The van der Waals surface area contributed by atoms with Crippen LogP contribution in [0.1, 0.15) is 5.56 Å². The van der Waals surface area contributed by atoms with Gasteiger partial charge in [-0.25, -0.2) is 0 Å². The van der Waals surface area contributed by atoms with Crippen LogP contribution < -0.4 is 10.6 Å². The van der Waals surface area contributed by atoms with Crippen LogP contribution in [-0.4, -0.2) is 5.91 Å². The summed E-state index contributed by atoms with van der Waals surface area (Å²) in [5.41, 5.74) is 1.94. The molecule has 4 nitrogen and oxygen atoms in total. The lowest BCUT2D eigenvalue weighted by molar-refractivity contribution is -0.112. The molecule has 2 aromatic carbocycles. The van der Waals surface area contributed by atoms with Gasteiger partial charge in [-0.2, -0.15) is 5.26 Å². The summed E-state index contributed by atoms with van der Waals surface area (Å²) < 4.78 is 0. The number of nitrogens with one attached hydrogen (secondary N) is 2. The first-order valence-electron chi connectivity index (χ1n) is 6.70. The quantitative estimate of drug-likeness (QED) is 0.620. The van der Waals surface area contributed by atoms with Gasteiger partial charge in [-0.05, 0) is 36.8 Å². The fourth-order valence-electron chi connectivity index (χ4n) is 1.75. The predicted octanol–water partition coefficient (Wildman–Crippen LogP) is 4.76. The zero-order chi connectivity index (χ0) is 16.8. The monoisotopic (exact) mass is 345 g/mol. The van der Waals surface area contributed by atoms with Crippen molar-refractivity contribution in [3.05, 3.63) is 69.8 Å². The van der Waals surface area contributed by atoms with Crippen molar-refractivity contribution < 1.29 is 4.79 Å². The third-order valence-electron chi connectivity index (χ3n) is 3.04. The Kier molecular flexibility index (Phi) is 5.64. The summed E-state index contributed by atoms with van der Waals surface area (Å²) >= 11 is 12.0. The molecule has 0 aliphatic heterocycles. The van der Waals surface area contributed by atoms with Gasteiger partial charge >= 0.3 is 0 Å². The number of para-hydroxylation sites is 1. The van der Waals surface area contributed by atoms with Crippen molar-refractivity contribution in [1.82, 2.24) is 0 Å². The van der Waals surface area contributed by atoms with E-state index in [1.54, 1.807) is 42.5 Å². The lowest BCUT2D eigenvalue weighted by Gasteiger charge is -2.07. The van der Waals surface area contributed by atoms with E-state index in [1.165, 1.54) is 6.20 Å². The van der Waals surface area contributed by atoms with E-state index in [0.717, 1.165) is 5.56 Å². The summed E-state index contributed by atoms with van der Waals surface area (Å²) in [6.07, 6.45) is 1.31. The second-order valence-corrected chi connectivity index (χ2v) is 5.53. The maximum Gasteiger partial charge on any atom is 0.267 e. The van der Waals surface area contributed by atoms with Gasteiger partial charge < -0.3 is 10.6 Å². The van der Waals surface area contributed by atoms with Crippen LogP contribution in [0.2, 0.25) is 10.0 Å². The normalized spacial score (nSPS) is 10.8. The summed E-state index contributed by atoms with van der Waals surface area (Å²) in [6, 6.07) is 14.0. The zero-order valence-electron chi connectivity index (χ0n) is 12.2. The van der Waals surface area contributed by atoms with Crippen molar-refractivity contribution in [2.75, 3.05) is 10.6 Å². The molecule has 2 N–H and O–H groups in total. The number of nitriles is 1. The molecular formula is C17H13Cl2N3O. The molecule has 1 amide bonds. The van der Waals surface area contributed by atoms with Gasteiger partial charge in [0.1, 0.15) is 11.6 Å². The number of carbonyl (C=O) groups excluding carboxylic acids is 1. The number of anilines is 2. The molecule has 0 atom stereocenters. The Morgan fingerprint density at radius 1 is 1.17 bits per heavy atom. The number of carbonyl (C=O) groups is 1. The van der Waals surface area contributed by atoms with Crippen LogP contribution in [-0.2, 0) is 4.79 Å². The molecule has 6 heteroatoms. The van der Waals surface area contributed by atoms with Crippen LogP contribution >= 0.6 is 23.2 Å². The Hall–Kier alpha value is -2.48. The number of amides is 1. The zero-order valence-corrected chi connectivity index (χ0v) is 13.7. The maximum absolute atomic E-state index is 12.1. The van der Waals surface area contributed by atoms with Crippen molar-refractivity contribution in [3.8, 4) is 6.07 Å². The van der Waals surface area contributed by atoms with Gasteiger partial charge in [0.25, 0.3) is 5.91 Å². The molecule has 0 saturated heterocycles. The molecule has 0 unspecified atom stereocenters. The molecular weight excluding hydrogens is 333 g/mol. The first-order chi connectivity index (χ1) is 11.0. The number of benzene rings is 2. The fourth-order valence-corrected chi connectivity index (χ4v) is 2.12. The fraction of sp³-hybridized carbons (Fsp3) is 0.0588. The van der Waals surface area contributed by atoms with Gasteiger partial charge in [-0.3, -0.25) is 4.79 Å². The van der Waals surface area contributed by atoms with Gasteiger partial charge in [-0.15, -0.1) is 0 Å². The van der Waals surface area contributed by atoms with Crippen molar-refractivity contribution in [1.29, 1.82) is 5.26 Å². The molecule has 0 spiro atoms. The number of hydrogen-bond acceptors (Lipinski definition) is 3. The van der Waals surface area contributed by atoms with Gasteiger partial charge in [0.05, 0.1) is 10.7 Å². The highest BCUT2D eigenvalue weighted by atomic mass is 35.5. The van der Waals surface area contributed by atoms with Crippen molar-refractivity contribution >= 4 is 40.5 Å². The van der Waals surface area contributed by atoms with Crippen molar-refractivity contribution in [2.24, 2.45) is 0 Å². The van der Waals surface area contributed by atoms with E-state index < -0.39 is 5.91 Å². The average molecular weight is 346 g/mol. The molecule has 0 aliphatic carbocycles. The van der Waals surface area contributed by atoms with Gasteiger partial charge in [0.2, 0.25) is 0 Å². The number of nitrogens with zero attached hydrogens (tertiary/aromatic N) is 1. The number of halogens is 2. The Morgan fingerprint density at radius 2 is 1.91 bits per heavy atom. The summed E-state index contributed by atoms with van der Waals surface area (Å²) in [6.45, 7) is 1.86. The number of rotatable bonds is 4. The molecule has 0 aromatic heterocycles. The van der Waals surface area contributed by atoms with Crippen LogP contribution in [0.25, 0.3) is 0 Å². The van der Waals surface area contributed by atoms with Crippen LogP contribution in [0.5, 0.6) is 0 Å². The molecule has 116 valence electrons. The standard InChI is InChI=1S/C17H13Cl2N3O/c1-11-6-7-13(8-15(11)19)22-17(23)12(9-20)10-21-16-5-3-2-4-14(16)18/h2-8,10,21H,1H3,(H,22,23)/b12-10-. The minimum atomic E-state index is -0.535. The third-order valence-corrected chi connectivity index (χ3v) is 3.78. The first kappa shape index (κ1) is 16.9. The van der Waals surface area contributed by atoms with E-state index in [0.29, 0.717) is 21.4 Å². The van der Waals surface area contributed by atoms with Gasteiger partial charge in [0, 0.05) is 16.9 Å². The first-order valence-corrected chi connectivity index (χ1v) is 7.45. The minimum absolute atomic E-state index is 0.0818. The Balaban J connectivity index is 2.12. The van der Waals surface area contributed by atoms with E-state index >= 15 is 0 Å². The Labute approximate surface area is 144 Å². The van der Waals surface area contributed by atoms with Crippen LogP contribution in [0.3, 0.4) is 0 Å². The SMILES string of the molecule is Cc1ccc(NC(=O)/C(C#N)=C\Nc2ccccc2Cl)cc1Cl. The number of hydrogen-bond donors (Lipinski definition) is 2. The molecule has 0 bridgehead atoms. The van der Waals surface area contributed by atoms with Gasteiger partial charge in [0.15, 0.2) is 0 Å². The molecule has 0 radical (unpaired) electrons. The summed E-state index contributed by atoms with van der Waals surface area (Å²) in [4.78, 5) is 12.1. The van der Waals surface area contributed by atoms with E-state index in [-0.39, 0.29) is 5.57 Å². The van der Waals surface area contributed by atoms with E-state index in [1.807, 2.05) is 13.0 Å². The number of aryl methyl sites for hydroxylation is 1. The smallest absolute Gasteiger partial charge is 0.267 e. The topological polar surface area (TPSA) is 64.9 Å². The highest BCUT2D eigenvalue weighted by Gasteiger charge is 2.10. The Bertz CT molecular complexity index is 810. The Morgan fingerprint density at radius 3 is 2.57 bits per heavy atom. The highest BCUT2D eigenvalue weighted by molar-refractivity contribution is 6.33. The second-order valence-electron chi connectivity index (χ2n) is 4.71. The summed E-state index contributed by atoms with van der Waals surface area (Å²) in [5.74, 6) is -0.535. The minimum Gasteiger partial charge on any atom is -0.359 e.